The van der Waals surface area contributed by atoms with Crippen LogP contribution in [0.2, 0.25) is 0 Å². The summed E-state index contributed by atoms with van der Waals surface area (Å²) < 4.78 is 5.57. The second kappa shape index (κ2) is 2.47. The molecule has 0 N–H and O–H groups in total. The molecule has 2 bridgehead atoms. The Hall–Kier alpha value is -0.0400. The fraction of sp³-hybridized carbons (Fsp3) is 1.00. The lowest BCUT2D eigenvalue weighted by atomic mass is 9.49. The highest BCUT2D eigenvalue weighted by Crippen LogP contribution is 2.64. The minimum atomic E-state index is 0.623. The third-order valence-corrected chi connectivity index (χ3v) is 4.08. The Kier molecular flexibility index (Phi) is 1.76. The number of ether oxygens (including phenoxy) is 1. The molecule has 0 aromatic carbocycles. The van der Waals surface area contributed by atoms with Crippen LogP contribution in [0.25, 0.3) is 0 Å². The molecule has 12 heavy (non-hydrogen) atoms. The van der Waals surface area contributed by atoms with Crippen LogP contribution < -0.4 is 0 Å². The summed E-state index contributed by atoms with van der Waals surface area (Å²) in [6.45, 7) is 8.81. The molecule has 3 saturated carbocycles. The molecule has 4 atom stereocenters. The fourth-order valence-electron chi connectivity index (χ4n) is 2.99. The highest BCUT2D eigenvalue weighted by Gasteiger charge is 2.65. The van der Waals surface area contributed by atoms with Crippen LogP contribution in [0, 0.1) is 17.3 Å². The number of epoxide rings is 1. The molecule has 4 rings (SSSR count). The number of hydrogen-bond acceptors (Lipinski definition) is 1. The van der Waals surface area contributed by atoms with Crippen LogP contribution in [0.15, 0.2) is 0 Å². The normalized spacial score (nSPS) is 51.0. The molecule has 4 fully saturated rings. The van der Waals surface area contributed by atoms with Gasteiger partial charge >= 0.3 is 0 Å². The topological polar surface area (TPSA) is 12.5 Å². The van der Waals surface area contributed by atoms with E-state index in [1.54, 1.807) is 0 Å². The number of hydrogen-bond donors (Lipinski definition) is 0. The summed E-state index contributed by atoms with van der Waals surface area (Å²) >= 11 is 0. The average molecular weight is 168 g/mol. The molecule has 3 aliphatic carbocycles. The molecule has 4 aliphatic rings. The van der Waals surface area contributed by atoms with Crippen LogP contribution in [-0.2, 0) is 4.74 Å². The first-order valence-corrected chi connectivity index (χ1v) is 5.35. The van der Waals surface area contributed by atoms with Gasteiger partial charge in [-0.15, -0.1) is 0 Å². The second-order valence-corrected chi connectivity index (χ2v) is 4.74. The maximum Gasteiger partial charge on any atom is 0.0875 e. The smallest absolute Gasteiger partial charge is 0.0875 e. The van der Waals surface area contributed by atoms with Gasteiger partial charge < -0.3 is 4.74 Å². The molecule has 4 unspecified atom stereocenters. The first-order chi connectivity index (χ1) is 5.69. The molecule has 0 amide bonds. The summed E-state index contributed by atoms with van der Waals surface area (Å²) in [5.74, 6) is 1.90. The van der Waals surface area contributed by atoms with Gasteiger partial charge in [0.05, 0.1) is 12.2 Å². The van der Waals surface area contributed by atoms with Gasteiger partial charge in [0.25, 0.3) is 0 Å². The maximum absolute atomic E-state index is 5.57. The van der Waals surface area contributed by atoms with Crippen LogP contribution in [-0.4, -0.2) is 12.2 Å². The van der Waals surface area contributed by atoms with E-state index in [0.29, 0.717) is 17.6 Å². The minimum Gasteiger partial charge on any atom is -0.369 e. The van der Waals surface area contributed by atoms with Gasteiger partial charge in [-0.2, -0.15) is 0 Å². The molecule has 70 valence electrons. The lowest BCUT2D eigenvalue weighted by Crippen LogP contribution is -2.51. The van der Waals surface area contributed by atoms with Crippen molar-refractivity contribution < 1.29 is 4.74 Å². The van der Waals surface area contributed by atoms with Crippen molar-refractivity contribution in [1.29, 1.82) is 0 Å². The lowest BCUT2D eigenvalue weighted by Gasteiger charge is -2.54. The van der Waals surface area contributed by atoms with Crippen LogP contribution >= 0.6 is 0 Å². The Morgan fingerprint density at radius 3 is 2.25 bits per heavy atom. The van der Waals surface area contributed by atoms with E-state index in [1.807, 2.05) is 13.8 Å². The van der Waals surface area contributed by atoms with E-state index >= 15 is 0 Å². The minimum absolute atomic E-state index is 0.623. The van der Waals surface area contributed by atoms with Crippen molar-refractivity contribution >= 4 is 0 Å². The SMILES string of the molecule is CC.CC1(C)C2CC3OC3C1C2. The van der Waals surface area contributed by atoms with Crippen molar-refractivity contribution in [3.8, 4) is 0 Å². The maximum atomic E-state index is 5.57. The monoisotopic (exact) mass is 168 g/mol. The van der Waals surface area contributed by atoms with Gasteiger partial charge in [-0.1, -0.05) is 27.7 Å². The van der Waals surface area contributed by atoms with E-state index in [9.17, 15) is 0 Å². The fourth-order valence-corrected chi connectivity index (χ4v) is 2.99. The standard InChI is InChI=1S/C9H14O.C2H6/c1-9(2)5-3-6(9)8-7(4-5)10-8;1-2/h5-8H,3-4H2,1-2H3;1-2H3. The van der Waals surface area contributed by atoms with E-state index in [-0.39, 0.29) is 0 Å². The third-order valence-electron chi connectivity index (χ3n) is 4.08. The van der Waals surface area contributed by atoms with Crippen molar-refractivity contribution in [1.82, 2.24) is 0 Å². The molecule has 0 spiro atoms. The van der Waals surface area contributed by atoms with Crippen LogP contribution in [0.4, 0.5) is 0 Å². The zero-order valence-corrected chi connectivity index (χ0v) is 8.63. The first kappa shape index (κ1) is 8.55. The third kappa shape index (κ3) is 0.891. The van der Waals surface area contributed by atoms with Gasteiger partial charge in [0.2, 0.25) is 0 Å². The van der Waals surface area contributed by atoms with E-state index in [2.05, 4.69) is 13.8 Å². The van der Waals surface area contributed by atoms with Crippen molar-refractivity contribution in [2.45, 2.75) is 52.7 Å². The van der Waals surface area contributed by atoms with Crippen LogP contribution in [0.3, 0.4) is 0 Å². The highest BCUT2D eigenvalue weighted by atomic mass is 16.6. The summed E-state index contributed by atoms with van der Waals surface area (Å²) in [7, 11) is 0. The van der Waals surface area contributed by atoms with E-state index < -0.39 is 0 Å². The lowest BCUT2D eigenvalue weighted by molar-refractivity contribution is -0.0504. The van der Waals surface area contributed by atoms with Crippen molar-refractivity contribution in [3.63, 3.8) is 0 Å². The van der Waals surface area contributed by atoms with Crippen molar-refractivity contribution in [2.24, 2.45) is 17.3 Å². The summed E-state index contributed by atoms with van der Waals surface area (Å²) in [4.78, 5) is 0. The Morgan fingerprint density at radius 1 is 1.17 bits per heavy atom. The Morgan fingerprint density at radius 2 is 1.83 bits per heavy atom. The van der Waals surface area contributed by atoms with Gasteiger partial charge in [0.1, 0.15) is 0 Å². The Labute approximate surface area is 75.5 Å². The molecular formula is C11H20O. The Balaban J connectivity index is 0.000000264. The molecule has 1 heterocycles. The molecular weight excluding hydrogens is 148 g/mol. The first-order valence-electron chi connectivity index (χ1n) is 5.35. The Bertz CT molecular complexity index is 185. The summed E-state index contributed by atoms with van der Waals surface area (Å²) in [6, 6.07) is 0. The van der Waals surface area contributed by atoms with Gasteiger partial charge in [-0.25, -0.2) is 0 Å². The largest absolute Gasteiger partial charge is 0.369 e. The molecule has 1 heteroatoms. The van der Waals surface area contributed by atoms with E-state index in [1.165, 1.54) is 12.8 Å². The zero-order chi connectivity index (χ0) is 8.93. The van der Waals surface area contributed by atoms with Gasteiger partial charge in [0, 0.05) is 0 Å². The molecule has 1 nitrogen and oxygen atoms in total. The zero-order valence-electron chi connectivity index (χ0n) is 8.63. The predicted octanol–water partition coefficient (Wildman–Crippen LogP) is 2.85. The summed E-state index contributed by atoms with van der Waals surface area (Å²) in [6.07, 6.45) is 4.18. The van der Waals surface area contributed by atoms with Gasteiger partial charge in [-0.3, -0.25) is 0 Å². The van der Waals surface area contributed by atoms with Crippen molar-refractivity contribution in [2.75, 3.05) is 0 Å². The van der Waals surface area contributed by atoms with Crippen LogP contribution in [0.5, 0.6) is 0 Å². The summed E-state index contributed by atoms with van der Waals surface area (Å²) in [5, 5.41) is 0. The molecule has 1 aliphatic heterocycles. The second-order valence-electron chi connectivity index (χ2n) is 4.74. The van der Waals surface area contributed by atoms with Crippen molar-refractivity contribution in [3.05, 3.63) is 0 Å². The molecule has 1 saturated heterocycles. The molecule has 0 aromatic heterocycles. The average Bonchev–Trinajstić information content (AvgIpc) is 2.84. The van der Waals surface area contributed by atoms with E-state index in [4.69, 9.17) is 4.74 Å². The summed E-state index contributed by atoms with van der Waals surface area (Å²) in [5.41, 5.74) is 0.623. The van der Waals surface area contributed by atoms with Gasteiger partial charge in [0.15, 0.2) is 0 Å². The highest BCUT2D eigenvalue weighted by molar-refractivity contribution is 5.13. The number of rotatable bonds is 0. The predicted molar refractivity (Wildman–Crippen MR) is 50.0 cm³/mol. The molecule has 0 aromatic rings. The quantitative estimate of drug-likeness (QED) is 0.507. The van der Waals surface area contributed by atoms with Crippen LogP contribution in [0.1, 0.15) is 40.5 Å². The van der Waals surface area contributed by atoms with Gasteiger partial charge in [-0.05, 0) is 30.1 Å². The van der Waals surface area contributed by atoms with E-state index in [0.717, 1.165) is 11.8 Å². The molecule has 0 radical (unpaired) electrons.